The van der Waals surface area contributed by atoms with Crippen LogP contribution < -0.4 is 20.7 Å². The van der Waals surface area contributed by atoms with Gasteiger partial charge in [-0.2, -0.15) is 0 Å². The van der Waals surface area contributed by atoms with Gasteiger partial charge in [0.1, 0.15) is 22.8 Å². The molecule has 10 nitrogen and oxygen atoms in total. The van der Waals surface area contributed by atoms with E-state index in [0.717, 1.165) is 32.0 Å². The molecular formula is C18H22N8O2. The first-order valence-corrected chi connectivity index (χ1v) is 8.94. The van der Waals surface area contributed by atoms with Gasteiger partial charge in [0.25, 0.3) is 5.91 Å². The van der Waals surface area contributed by atoms with E-state index in [2.05, 4.69) is 37.2 Å². The van der Waals surface area contributed by atoms with Gasteiger partial charge in [0.15, 0.2) is 11.5 Å². The van der Waals surface area contributed by atoms with Gasteiger partial charge in [-0.05, 0) is 13.1 Å². The van der Waals surface area contributed by atoms with Crippen LogP contribution in [0.5, 0.6) is 5.75 Å². The number of carbonyl (C=O) groups is 1. The van der Waals surface area contributed by atoms with Crippen LogP contribution in [-0.4, -0.2) is 70.7 Å². The number of nitrogens with zero attached hydrogens (tertiary/aromatic N) is 6. The maximum atomic E-state index is 12.9. The molecule has 0 saturated carbocycles. The highest BCUT2D eigenvalue weighted by Gasteiger charge is 2.22. The molecule has 1 amide bonds. The third-order valence-corrected chi connectivity index (χ3v) is 4.80. The first kappa shape index (κ1) is 18.0. The van der Waals surface area contributed by atoms with Crippen molar-refractivity contribution in [2.75, 3.05) is 56.3 Å². The molecule has 0 bridgehead atoms. The topological polar surface area (TPSA) is 114 Å². The lowest BCUT2D eigenvalue weighted by atomic mass is 10.2. The Morgan fingerprint density at radius 1 is 1.25 bits per heavy atom. The van der Waals surface area contributed by atoms with E-state index < -0.39 is 5.91 Å². The molecule has 0 atom stereocenters. The predicted molar refractivity (Wildman–Crippen MR) is 106 cm³/mol. The Balaban J connectivity index is 1.67. The number of aromatic nitrogens is 4. The van der Waals surface area contributed by atoms with Gasteiger partial charge < -0.3 is 25.6 Å². The number of pyridine rings is 1. The number of ether oxygens (including phenoxy) is 1. The second-order valence-electron chi connectivity index (χ2n) is 6.63. The van der Waals surface area contributed by atoms with Gasteiger partial charge in [-0.3, -0.25) is 9.78 Å². The third-order valence-electron chi connectivity index (χ3n) is 4.80. The van der Waals surface area contributed by atoms with Gasteiger partial charge in [0.05, 0.1) is 13.3 Å². The number of fused-ring (bicyclic) bond motifs is 1. The smallest absolute Gasteiger partial charge is 0.263 e. The first-order chi connectivity index (χ1) is 13.6. The molecule has 146 valence electrons. The molecule has 0 unspecified atom stereocenters. The van der Waals surface area contributed by atoms with Crippen LogP contribution in [0, 0.1) is 0 Å². The zero-order valence-electron chi connectivity index (χ0n) is 15.8. The van der Waals surface area contributed by atoms with E-state index in [-0.39, 0.29) is 11.4 Å². The van der Waals surface area contributed by atoms with Gasteiger partial charge in [0.2, 0.25) is 0 Å². The molecule has 0 aromatic carbocycles. The molecule has 1 aliphatic rings. The van der Waals surface area contributed by atoms with Crippen molar-refractivity contribution in [3.05, 3.63) is 36.3 Å². The normalized spacial score (nSPS) is 15.0. The van der Waals surface area contributed by atoms with Crippen molar-refractivity contribution in [2.45, 2.75) is 0 Å². The molecule has 0 aliphatic carbocycles. The molecule has 0 radical (unpaired) electrons. The number of amides is 1. The van der Waals surface area contributed by atoms with Crippen molar-refractivity contribution in [1.29, 1.82) is 0 Å². The first-order valence-electron chi connectivity index (χ1n) is 8.94. The number of hydrogen-bond donors (Lipinski definition) is 2. The molecule has 3 N–H and O–H groups in total. The average molecular weight is 382 g/mol. The molecule has 1 saturated heterocycles. The molecule has 28 heavy (non-hydrogen) atoms. The van der Waals surface area contributed by atoms with Crippen LogP contribution in [0.3, 0.4) is 0 Å². The fourth-order valence-corrected chi connectivity index (χ4v) is 3.20. The number of rotatable bonds is 4. The number of piperazine rings is 1. The fraction of sp³-hybridized carbons (Fsp3) is 0.333. The Kier molecular flexibility index (Phi) is 4.70. The van der Waals surface area contributed by atoms with Gasteiger partial charge >= 0.3 is 0 Å². The summed E-state index contributed by atoms with van der Waals surface area (Å²) in [5.41, 5.74) is 7.11. The Labute approximate surface area is 161 Å². The molecule has 10 heteroatoms. The lowest BCUT2D eigenvalue weighted by Gasteiger charge is -2.33. The van der Waals surface area contributed by atoms with Crippen LogP contribution in [0.25, 0.3) is 5.65 Å². The number of nitrogens with two attached hydrogens (primary N) is 1. The monoisotopic (exact) mass is 382 g/mol. The Bertz CT molecular complexity index is 1010. The molecule has 1 fully saturated rings. The second kappa shape index (κ2) is 7.31. The quantitative estimate of drug-likeness (QED) is 0.678. The number of nitrogen functional groups attached to an aromatic ring is 1. The number of hydrogen-bond acceptors (Lipinski definition) is 8. The fourth-order valence-electron chi connectivity index (χ4n) is 3.20. The van der Waals surface area contributed by atoms with Gasteiger partial charge in [-0.1, -0.05) is 0 Å². The van der Waals surface area contributed by atoms with E-state index in [1.54, 1.807) is 18.5 Å². The highest BCUT2D eigenvalue weighted by molar-refractivity contribution is 6.12. The Morgan fingerprint density at radius 2 is 2.04 bits per heavy atom. The number of anilines is 3. The maximum Gasteiger partial charge on any atom is 0.263 e. The molecular weight excluding hydrogens is 360 g/mol. The van der Waals surface area contributed by atoms with E-state index in [9.17, 15) is 4.79 Å². The summed E-state index contributed by atoms with van der Waals surface area (Å²) in [7, 11) is 3.62. The summed E-state index contributed by atoms with van der Waals surface area (Å²) >= 11 is 0. The SMILES string of the molecule is COc1ccncc1NC(=O)c1c(N)nn2ccc(N3CCN(C)CC3)nc12. The van der Waals surface area contributed by atoms with E-state index >= 15 is 0 Å². The van der Waals surface area contributed by atoms with Crippen molar-refractivity contribution < 1.29 is 9.53 Å². The van der Waals surface area contributed by atoms with Gasteiger partial charge in [0, 0.05) is 44.6 Å². The molecule has 3 aromatic rings. The molecule has 1 aliphatic heterocycles. The van der Waals surface area contributed by atoms with Crippen molar-refractivity contribution in [2.24, 2.45) is 0 Å². The molecule has 4 heterocycles. The highest BCUT2D eigenvalue weighted by atomic mass is 16.5. The van der Waals surface area contributed by atoms with Crippen LogP contribution in [0.1, 0.15) is 10.4 Å². The Morgan fingerprint density at radius 3 is 2.79 bits per heavy atom. The minimum absolute atomic E-state index is 0.114. The van der Waals surface area contributed by atoms with E-state index in [1.165, 1.54) is 17.8 Å². The minimum Gasteiger partial charge on any atom is -0.494 e. The maximum absolute atomic E-state index is 12.9. The second-order valence-corrected chi connectivity index (χ2v) is 6.63. The summed E-state index contributed by atoms with van der Waals surface area (Å²) in [6, 6.07) is 3.55. The minimum atomic E-state index is -0.415. The van der Waals surface area contributed by atoms with Crippen LogP contribution >= 0.6 is 0 Å². The van der Waals surface area contributed by atoms with Gasteiger partial charge in [-0.25, -0.2) is 9.50 Å². The van der Waals surface area contributed by atoms with Gasteiger partial charge in [-0.15, -0.1) is 5.10 Å². The van der Waals surface area contributed by atoms with E-state index in [1.807, 2.05) is 6.07 Å². The predicted octanol–water partition coefficient (Wildman–Crippen LogP) is 0.719. The Hall–Kier alpha value is -3.40. The molecule has 4 rings (SSSR count). The standard InChI is InChI=1S/C18H22N8O2/c1-24-7-9-25(10-8-24)14-4-6-26-17(22-14)15(16(19)23-26)18(27)21-12-11-20-5-3-13(12)28-2/h3-6,11H,7-10H2,1-2H3,(H2,19,23)(H,21,27). The van der Waals surface area contributed by atoms with E-state index in [4.69, 9.17) is 10.5 Å². The van der Waals surface area contributed by atoms with Crippen molar-refractivity contribution >= 4 is 28.9 Å². The average Bonchev–Trinajstić information content (AvgIpc) is 3.04. The van der Waals surface area contributed by atoms with Crippen LogP contribution in [-0.2, 0) is 0 Å². The highest BCUT2D eigenvalue weighted by Crippen LogP contribution is 2.25. The van der Waals surface area contributed by atoms with Crippen LogP contribution in [0.2, 0.25) is 0 Å². The van der Waals surface area contributed by atoms with Crippen molar-refractivity contribution in [3.8, 4) is 5.75 Å². The number of methoxy groups -OCH3 is 1. The summed E-state index contributed by atoms with van der Waals surface area (Å²) in [6.45, 7) is 3.67. The van der Waals surface area contributed by atoms with Crippen LogP contribution in [0.4, 0.5) is 17.3 Å². The summed E-state index contributed by atoms with van der Waals surface area (Å²) in [5.74, 6) is 1.00. The summed E-state index contributed by atoms with van der Waals surface area (Å²) in [6.07, 6.45) is 4.87. The van der Waals surface area contributed by atoms with Crippen molar-refractivity contribution in [1.82, 2.24) is 24.5 Å². The summed E-state index contributed by atoms with van der Waals surface area (Å²) < 4.78 is 6.77. The molecule has 0 spiro atoms. The van der Waals surface area contributed by atoms with E-state index in [0.29, 0.717) is 17.1 Å². The number of nitrogens with one attached hydrogen (secondary N) is 1. The lowest BCUT2D eigenvalue weighted by molar-refractivity contribution is 0.102. The zero-order valence-corrected chi connectivity index (χ0v) is 15.8. The number of carbonyl (C=O) groups excluding carboxylic acids is 1. The summed E-state index contributed by atoms with van der Waals surface area (Å²) in [5, 5.41) is 7.00. The number of likely N-dealkylation sites (N-methyl/N-ethyl adjacent to an activating group) is 1. The zero-order chi connectivity index (χ0) is 19.7. The largest absolute Gasteiger partial charge is 0.494 e. The van der Waals surface area contributed by atoms with Crippen LogP contribution in [0.15, 0.2) is 30.7 Å². The van der Waals surface area contributed by atoms with Crippen molar-refractivity contribution in [3.63, 3.8) is 0 Å². The third kappa shape index (κ3) is 3.29. The summed E-state index contributed by atoms with van der Waals surface area (Å²) in [4.78, 5) is 26.1. The lowest BCUT2D eigenvalue weighted by Crippen LogP contribution is -2.44. The molecule has 3 aromatic heterocycles.